The molecule has 0 aromatic heterocycles. The Morgan fingerprint density at radius 2 is 1.95 bits per heavy atom. The molecule has 0 aliphatic heterocycles. The largest absolute Gasteiger partial charge is 0.389 e. The minimum Gasteiger partial charge on any atom is -0.389 e. The number of thiocarbonyl (C=S) groups is 1. The number of hydrogen-bond acceptors (Lipinski definition) is 2. The highest BCUT2D eigenvalue weighted by molar-refractivity contribution is 7.80. The first-order valence-electron chi connectivity index (χ1n) is 5.88. The molecule has 0 aliphatic rings. The van der Waals surface area contributed by atoms with E-state index in [1.807, 2.05) is 0 Å². The zero-order valence-electron chi connectivity index (χ0n) is 10.7. The second-order valence-corrected chi connectivity index (χ2v) is 5.02. The first kappa shape index (κ1) is 15.2. The van der Waals surface area contributed by atoms with Crippen molar-refractivity contribution < 1.29 is 9.18 Å². The van der Waals surface area contributed by atoms with Gasteiger partial charge in [-0.15, -0.1) is 0 Å². The monoisotopic (exact) mass is 323 g/mol. The summed E-state index contributed by atoms with van der Waals surface area (Å²) in [5.74, 6) is -0.445. The van der Waals surface area contributed by atoms with Gasteiger partial charge >= 0.3 is 6.03 Å². The lowest BCUT2D eigenvalue weighted by Gasteiger charge is -2.11. The van der Waals surface area contributed by atoms with Crippen LogP contribution in [0.25, 0.3) is 0 Å². The standard InChI is InChI=1S/C14H11ClFN3OS/c15-8-4-5-11(13(17)21)12(6-8)19-14(20)18-10-3-1-2-9(16)7-10/h1-7H,(H2,17,21)(H2,18,19,20). The molecule has 0 bridgehead atoms. The molecular formula is C14H11ClFN3OS. The lowest BCUT2D eigenvalue weighted by molar-refractivity contribution is 0.262. The zero-order chi connectivity index (χ0) is 15.4. The van der Waals surface area contributed by atoms with Crippen LogP contribution in [0, 0.1) is 5.82 Å². The van der Waals surface area contributed by atoms with Crippen molar-refractivity contribution >= 4 is 46.2 Å². The maximum absolute atomic E-state index is 13.0. The van der Waals surface area contributed by atoms with Gasteiger partial charge in [-0.25, -0.2) is 9.18 Å². The van der Waals surface area contributed by atoms with Crippen LogP contribution in [0.1, 0.15) is 5.56 Å². The molecule has 108 valence electrons. The van der Waals surface area contributed by atoms with Crippen LogP contribution in [0.2, 0.25) is 5.02 Å². The van der Waals surface area contributed by atoms with Crippen LogP contribution in [0.5, 0.6) is 0 Å². The average Bonchev–Trinajstić information content (AvgIpc) is 2.38. The number of rotatable bonds is 3. The predicted octanol–water partition coefficient (Wildman–Crippen LogP) is 3.76. The van der Waals surface area contributed by atoms with E-state index in [-0.39, 0.29) is 4.99 Å². The normalized spacial score (nSPS) is 10.0. The van der Waals surface area contributed by atoms with E-state index in [4.69, 9.17) is 29.6 Å². The molecule has 0 saturated heterocycles. The van der Waals surface area contributed by atoms with Crippen molar-refractivity contribution in [2.24, 2.45) is 5.73 Å². The van der Waals surface area contributed by atoms with Gasteiger partial charge in [-0.3, -0.25) is 0 Å². The summed E-state index contributed by atoms with van der Waals surface area (Å²) in [4.78, 5) is 12.0. The van der Waals surface area contributed by atoms with E-state index >= 15 is 0 Å². The second kappa shape index (κ2) is 6.51. The van der Waals surface area contributed by atoms with Crippen molar-refractivity contribution in [3.63, 3.8) is 0 Å². The molecule has 21 heavy (non-hydrogen) atoms. The van der Waals surface area contributed by atoms with E-state index < -0.39 is 11.8 Å². The van der Waals surface area contributed by atoms with Crippen LogP contribution in [-0.2, 0) is 0 Å². The molecule has 0 saturated carbocycles. The summed E-state index contributed by atoms with van der Waals surface area (Å²) in [5, 5.41) is 5.50. The number of amides is 2. The zero-order valence-corrected chi connectivity index (χ0v) is 12.3. The van der Waals surface area contributed by atoms with Crippen molar-refractivity contribution in [3.05, 3.63) is 58.9 Å². The molecule has 0 atom stereocenters. The molecule has 2 rings (SSSR count). The van der Waals surface area contributed by atoms with E-state index in [0.717, 1.165) is 0 Å². The highest BCUT2D eigenvalue weighted by Crippen LogP contribution is 2.21. The van der Waals surface area contributed by atoms with Crippen LogP contribution in [-0.4, -0.2) is 11.0 Å². The number of halogens is 2. The quantitative estimate of drug-likeness (QED) is 0.753. The summed E-state index contributed by atoms with van der Waals surface area (Å²) >= 11 is 10.8. The van der Waals surface area contributed by atoms with E-state index in [1.54, 1.807) is 18.2 Å². The number of hydrogen-bond donors (Lipinski definition) is 3. The van der Waals surface area contributed by atoms with Crippen molar-refractivity contribution in [1.29, 1.82) is 0 Å². The highest BCUT2D eigenvalue weighted by Gasteiger charge is 2.10. The number of carbonyl (C=O) groups excluding carboxylic acids is 1. The molecule has 0 aliphatic carbocycles. The number of nitrogens with one attached hydrogen (secondary N) is 2. The molecule has 0 spiro atoms. The maximum Gasteiger partial charge on any atom is 0.323 e. The van der Waals surface area contributed by atoms with Gasteiger partial charge in [0.25, 0.3) is 0 Å². The minimum atomic E-state index is -0.555. The van der Waals surface area contributed by atoms with Crippen molar-refractivity contribution in [3.8, 4) is 0 Å². The molecule has 0 unspecified atom stereocenters. The second-order valence-electron chi connectivity index (χ2n) is 4.14. The SMILES string of the molecule is NC(=S)c1ccc(Cl)cc1NC(=O)Nc1cccc(F)c1. The molecule has 0 heterocycles. The Morgan fingerprint density at radius 3 is 2.62 bits per heavy atom. The van der Waals surface area contributed by atoms with E-state index in [1.165, 1.54) is 24.3 Å². The fraction of sp³-hybridized carbons (Fsp3) is 0. The molecule has 4 nitrogen and oxygen atoms in total. The number of benzene rings is 2. The molecule has 2 aromatic rings. The lowest BCUT2D eigenvalue weighted by atomic mass is 10.2. The highest BCUT2D eigenvalue weighted by atomic mass is 35.5. The van der Waals surface area contributed by atoms with Crippen LogP contribution < -0.4 is 16.4 Å². The van der Waals surface area contributed by atoms with Gasteiger partial charge in [-0.1, -0.05) is 29.9 Å². The van der Waals surface area contributed by atoms with Crippen molar-refractivity contribution in [2.45, 2.75) is 0 Å². The Labute approximate surface area is 131 Å². The maximum atomic E-state index is 13.0. The average molecular weight is 324 g/mol. The summed E-state index contributed by atoms with van der Waals surface area (Å²) in [5.41, 5.74) is 6.77. The molecule has 0 radical (unpaired) electrons. The predicted molar refractivity (Wildman–Crippen MR) is 86.4 cm³/mol. The fourth-order valence-electron chi connectivity index (χ4n) is 1.69. The Bertz CT molecular complexity index is 708. The molecule has 2 amide bonds. The third kappa shape index (κ3) is 4.14. The fourth-order valence-corrected chi connectivity index (χ4v) is 2.04. The van der Waals surface area contributed by atoms with Gasteiger partial charge in [0.05, 0.1) is 5.69 Å². The number of urea groups is 1. The Morgan fingerprint density at radius 1 is 1.19 bits per heavy atom. The van der Waals surface area contributed by atoms with Gasteiger partial charge in [0, 0.05) is 16.3 Å². The topological polar surface area (TPSA) is 67.1 Å². The summed E-state index contributed by atoms with van der Waals surface area (Å²) < 4.78 is 13.0. The van der Waals surface area contributed by atoms with Crippen LogP contribution in [0.4, 0.5) is 20.6 Å². The first-order valence-corrected chi connectivity index (χ1v) is 6.67. The van der Waals surface area contributed by atoms with E-state index in [2.05, 4.69) is 10.6 Å². The Kier molecular flexibility index (Phi) is 4.72. The van der Waals surface area contributed by atoms with Gasteiger partial charge < -0.3 is 16.4 Å². The third-order valence-corrected chi connectivity index (χ3v) is 3.03. The van der Waals surface area contributed by atoms with Crippen molar-refractivity contribution in [1.82, 2.24) is 0 Å². The van der Waals surface area contributed by atoms with Gasteiger partial charge in [-0.2, -0.15) is 0 Å². The number of nitrogens with two attached hydrogens (primary N) is 1. The lowest BCUT2D eigenvalue weighted by Crippen LogP contribution is -2.22. The first-order chi connectivity index (χ1) is 9.95. The minimum absolute atomic E-state index is 0.132. The Hall–Kier alpha value is -2.18. The van der Waals surface area contributed by atoms with E-state index in [0.29, 0.717) is 22.0 Å². The number of anilines is 2. The van der Waals surface area contributed by atoms with Gasteiger partial charge in [0.15, 0.2) is 0 Å². The van der Waals surface area contributed by atoms with Gasteiger partial charge in [0.2, 0.25) is 0 Å². The molecule has 7 heteroatoms. The van der Waals surface area contributed by atoms with Crippen LogP contribution >= 0.6 is 23.8 Å². The van der Waals surface area contributed by atoms with Gasteiger partial charge in [-0.05, 0) is 36.4 Å². The Balaban J connectivity index is 2.16. The molecule has 0 fully saturated rings. The van der Waals surface area contributed by atoms with E-state index in [9.17, 15) is 9.18 Å². The van der Waals surface area contributed by atoms with Gasteiger partial charge in [0.1, 0.15) is 10.8 Å². The number of carbonyl (C=O) groups is 1. The third-order valence-electron chi connectivity index (χ3n) is 2.58. The molecular weight excluding hydrogens is 313 g/mol. The van der Waals surface area contributed by atoms with Crippen LogP contribution in [0.3, 0.4) is 0 Å². The summed E-state index contributed by atoms with van der Waals surface area (Å²) in [7, 11) is 0. The van der Waals surface area contributed by atoms with Crippen molar-refractivity contribution in [2.75, 3.05) is 10.6 Å². The smallest absolute Gasteiger partial charge is 0.323 e. The molecule has 4 N–H and O–H groups in total. The molecule has 2 aromatic carbocycles. The summed E-state index contributed by atoms with van der Waals surface area (Å²) in [6.07, 6.45) is 0. The summed E-state index contributed by atoms with van der Waals surface area (Å²) in [6.45, 7) is 0. The van der Waals surface area contributed by atoms with Crippen LogP contribution in [0.15, 0.2) is 42.5 Å². The summed E-state index contributed by atoms with van der Waals surface area (Å²) in [6, 6.07) is 9.74.